The fraction of sp³-hybridized carbons (Fsp3) is 0.0588. The quantitative estimate of drug-likeness (QED) is 0.307. The highest BCUT2D eigenvalue weighted by atomic mass is 32.1. The van der Waals surface area contributed by atoms with Crippen LogP contribution in [0.1, 0.15) is 5.56 Å². The van der Waals surface area contributed by atoms with E-state index in [1.54, 1.807) is 17.5 Å². The summed E-state index contributed by atoms with van der Waals surface area (Å²) in [5, 5.41) is 28.4. The van der Waals surface area contributed by atoms with Crippen molar-refractivity contribution >= 4 is 39.9 Å². The van der Waals surface area contributed by atoms with Crippen molar-refractivity contribution in [2.45, 2.75) is 0 Å². The number of nitrogens with zero attached hydrogens (tertiary/aromatic N) is 4. The molecule has 30 heavy (non-hydrogen) atoms. The van der Waals surface area contributed by atoms with Crippen LogP contribution in [0.3, 0.4) is 0 Å². The molecule has 3 aromatic rings. The van der Waals surface area contributed by atoms with Gasteiger partial charge >= 0.3 is 5.69 Å². The highest BCUT2D eigenvalue weighted by molar-refractivity contribution is 7.14. The maximum atomic E-state index is 11.3. The maximum absolute atomic E-state index is 11.3. The second kappa shape index (κ2) is 8.83. The minimum absolute atomic E-state index is 0.159. The lowest BCUT2D eigenvalue weighted by Gasteiger charge is -2.11. The lowest BCUT2D eigenvalue weighted by Crippen LogP contribution is -1.98. The molecule has 0 aliphatic carbocycles. The molecular weight excluding hydrogens is 416 g/mol. The van der Waals surface area contributed by atoms with Crippen LogP contribution < -0.4 is 20.6 Å². The molecule has 12 nitrogen and oxygen atoms in total. The van der Waals surface area contributed by atoms with Crippen molar-refractivity contribution in [1.29, 1.82) is 0 Å². The number of nitro benzene ring substituents is 2. The smallest absolute Gasteiger partial charge is 0.318 e. The molecule has 3 N–H and O–H groups in total. The average molecular weight is 430 g/mol. The van der Waals surface area contributed by atoms with Crippen LogP contribution >= 0.6 is 11.3 Å². The monoisotopic (exact) mass is 430 g/mol. The number of nitrogens with one attached hydrogen (secondary N) is 1. The number of rotatable bonds is 8. The van der Waals surface area contributed by atoms with Crippen LogP contribution in [-0.4, -0.2) is 28.2 Å². The van der Waals surface area contributed by atoms with Gasteiger partial charge in [0.2, 0.25) is 10.9 Å². The first-order valence-corrected chi connectivity index (χ1v) is 9.04. The first-order valence-electron chi connectivity index (χ1n) is 8.16. The molecule has 1 aromatic heterocycles. The van der Waals surface area contributed by atoms with Gasteiger partial charge < -0.3 is 15.2 Å². The number of hydrogen-bond donors (Lipinski definition) is 2. The van der Waals surface area contributed by atoms with Crippen molar-refractivity contribution < 1.29 is 19.3 Å². The molecular formula is C17H14N6O6S. The van der Waals surface area contributed by atoms with E-state index in [1.165, 1.54) is 30.7 Å². The number of hydrogen-bond acceptors (Lipinski definition) is 11. The molecule has 0 unspecified atom stereocenters. The van der Waals surface area contributed by atoms with Crippen molar-refractivity contribution in [3.05, 3.63) is 67.6 Å². The predicted octanol–water partition coefficient (Wildman–Crippen LogP) is 3.79. The van der Waals surface area contributed by atoms with E-state index < -0.39 is 21.2 Å². The Morgan fingerprint density at radius 3 is 2.53 bits per heavy atom. The lowest BCUT2D eigenvalue weighted by atomic mass is 10.2. The standard InChI is InChI=1S/C17H14N6O6S/c1-28-15-6-10(8-19-21-17-20-16(18)9-30-17)2-4-14(15)29-13-5-3-11(22(24)25)7-12(13)23(26)27/h2-9H,18H2,1H3,(H,20,21). The summed E-state index contributed by atoms with van der Waals surface area (Å²) in [6.45, 7) is 0. The molecule has 0 spiro atoms. The van der Waals surface area contributed by atoms with E-state index in [4.69, 9.17) is 15.2 Å². The molecule has 0 atom stereocenters. The van der Waals surface area contributed by atoms with E-state index in [1.807, 2.05) is 0 Å². The Morgan fingerprint density at radius 2 is 1.90 bits per heavy atom. The van der Waals surface area contributed by atoms with Gasteiger partial charge in [-0.15, -0.1) is 11.3 Å². The number of benzene rings is 2. The van der Waals surface area contributed by atoms with Crippen molar-refractivity contribution in [2.24, 2.45) is 5.10 Å². The summed E-state index contributed by atoms with van der Waals surface area (Å²) in [6.07, 6.45) is 1.51. The number of nitrogen functional groups attached to an aromatic ring is 1. The number of nitro groups is 2. The third-order valence-corrected chi connectivity index (χ3v) is 4.42. The van der Waals surface area contributed by atoms with E-state index in [-0.39, 0.29) is 17.2 Å². The molecule has 0 aliphatic rings. The number of ether oxygens (including phenoxy) is 2. The first-order chi connectivity index (χ1) is 14.4. The topological polar surface area (TPSA) is 168 Å². The van der Waals surface area contributed by atoms with Crippen LogP contribution in [-0.2, 0) is 0 Å². The number of thiazole rings is 1. The van der Waals surface area contributed by atoms with Gasteiger partial charge in [0, 0.05) is 11.4 Å². The third-order valence-electron chi connectivity index (χ3n) is 3.65. The van der Waals surface area contributed by atoms with E-state index >= 15 is 0 Å². The second-order valence-electron chi connectivity index (χ2n) is 5.63. The molecule has 2 aromatic carbocycles. The van der Waals surface area contributed by atoms with Gasteiger partial charge in [0.15, 0.2) is 11.5 Å². The van der Waals surface area contributed by atoms with E-state index in [2.05, 4.69) is 15.5 Å². The molecule has 0 saturated heterocycles. The van der Waals surface area contributed by atoms with Crippen molar-refractivity contribution in [2.75, 3.05) is 18.3 Å². The number of methoxy groups -OCH3 is 1. The summed E-state index contributed by atoms with van der Waals surface area (Å²) in [5.41, 5.74) is 7.96. The molecule has 13 heteroatoms. The zero-order valence-electron chi connectivity index (χ0n) is 15.3. The summed E-state index contributed by atoms with van der Waals surface area (Å²) in [6, 6.07) is 7.90. The predicted molar refractivity (Wildman–Crippen MR) is 111 cm³/mol. The Labute approximate surface area is 172 Å². The van der Waals surface area contributed by atoms with Crippen LogP contribution in [0.25, 0.3) is 0 Å². The summed E-state index contributed by atoms with van der Waals surface area (Å²) >= 11 is 1.30. The average Bonchev–Trinajstić information content (AvgIpc) is 3.13. The van der Waals surface area contributed by atoms with Crippen molar-refractivity contribution in [1.82, 2.24) is 4.98 Å². The summed E-state index contributed by atoms with van der Waals surface area (Å²) in [4.78, 5) is 24.6. The van der Waals surface area contributed by atoms with E-state index in [9.17, 15) is 20.2 Å². The van der Waals surface area contributed by atoms with Crippen LogP contribution in [0, 0.1) is 20.2 Å². The van der Waals surface area contributed by atoms with Gasteiger partial charge in [0.1, 0.15) is 5.82 Å². The van der Waals surface area contributed by atoms with Gasteiger partial charge in [-0.3, -0.25) is 25.7 Å². The molecule has 1 heterocycles. The van der Waals surface area contributed by atoms with Crippen molar-refractivity contribution in [3.8, 4) is 17.2 Å². The SMILES string of the molecule is COc1cc(C=NNc2nc(N)cs2)ccc1Oc1ccc([N+](=O)[O-])cc1[N+](=O)[O-]. The van der Waals surface area contributed by atoms with Gasteiger partial charge in [0.25, 0.3) is 5.69 Å². The minimum Gasteiger partial charge on any atom is -0.493 e. The molecule has 0 aliphatic heterocycles. The molecule has 0 saturated carbocycles. The van der Waals surface area contributed by atoms with Crippen molar-refractivity contribution in [3.63, 3.8) is 0 Å². The molecule has 0 radical (unpaired) electrons. The lowest BCUT2D eigenvalue weighted by molar-refractivity contribution is -0.394. The van der Waals surface area contributed by atoms with Crippen LogP contribution in [0.4, 0.5) is 22.3 Å². The highest BCUT2D eigenvalue weighted by Crippen LogP contribution is 2.38. The molecule has 0 bridgehead atoms. The molecule has 0 amide bonds. The Hall–Kier alpha value is -4.26. The van der Waals surface area contributed by atoms with Crippen LogP contribution in [0.2, 0.25) is 0 Å². The van der Waals surface area contributed by atoms with Gasteiger partial charge in [0.05, 0.1) is 29.2 Å². The highest BCUT2D eigenvalue weighted by Gasteiger charge is 2.22. The summed E-state index contributed by atoms with van der Waals surface area (Å²) < 4.78 is 10.9. The largest absolute Gasteiger partial charge is 0.493 e. The summed E-state index contributed by atoms with van der Waals surface area (Å²) in [7, 11) is 1.41. The molecule has 3 rings (SSSR count). The Balaban J connectivity index is 1.81. The third kappa shape index (κ3) is 4.77. The number of hydrazone groups is 1. The van der Waals surface area contributed by atoms with Crippen LogP contribution in [0.15, 0.2) is 46.9 Å². The number of non-ortho nitro benzene ring substituents is 1. The van der Waals surface area contributed by atoms with E-state index in [0.717, 1.165) is 18.2 Å². The fourth-order valence-electron chi connectivity index (χ4n) is 2.32. The number of anilines is 2. The van der Waals surface area contributed by atoms with Gasteiger partial charge in [-0.2, -0.15) is 5.10 Å². The number of aromatic nitrogens is 1. The zero-order valence-corrected chi connectivity index (χ0v) is 16.2. The Morgan fingerprint density at radius 1 is 1.13 bits per heavy atom. The molecule has 154 valence electrons. The van der Waals surface area contributed by atoms with Gasteiger partial charge in [-0.05, 0) is 29.8 Å². The Kier molecular flexibility index (Phi) is 6.03. The molecule has 0 fully saturated rings. The Bertz CT molecular complexity index is 1130. The zero-order chi connectivity index (χ0) is 21.7. The minimum atomic E-state index is -0.757. The normalized spacial score (nSPS) is 10.7. The van der Waals surface area contributed by atoms with Gasteiger partial charge in [-0.25, -0.2) is 4.98 Å². The second-order valence-corrected chi connectivity index (χ2v) is 6.48. The summed E-state index contributed by atoms with van der Waals surface area (Å²) in [5.74, 6) is 0.701. The maximum Gasteiger partial charge on any atom is 0.318 e. The number of nitrogens with two attached hydrogens (primary N) is 1. The fourth-order valence-corrected chi connectivity index (χ4v) is 2.86. The van der Waals surface area contributed by atoms with E-state index in [0.29, 0.717) is 16.5 Å². The van der Waals surface area contributed by atoms with Gasteiger partial charge in [-0.1, -0.05) is 0 Å². The van der Waals surface area contributed by atoms with Crippen LogP contribution in [0.5, 0.6) is 17.2 Å². The first kappa shape index (κ1) is 20.5.